The van der Waals surface area contributed by atoms with Crippen LogP contribution in [-0.4, -0.2) is 12.1 Å². The van der Waals surface area contributed by atoms with E-state index >= 15 is 0 Å². The number of ketones is 1. The van der Waals surface area contributed by atoms with Gasteiger partial charge in [-0.15, -0.1) is 0 Å². The largest absolute Gasteiger partial charge is 0.453 e. The van der Waals surface area contributed by atoms with Gasteiger partial charge in [0.1, 0.15) is 5.75 Å². The predicted octanol–water partition coefficient (Wildman–Crippen LogP) is 2.05. The predicted molar refractivity (Wildman–Crippen MR) is 58.9 cm³/mol. The zero-order chi connectivity index (χ0) is 11.4. The van der Waals surface area contributed by atoms with Crippen LogP contribution in [0.4, 0.5) is 0 Å². The Kier molecular flexibility index (Phi) is 2.96. The van der Waals surface area contributed by atoms with Crippen LogP contribution in [0, 0.1) is 0 Å². The van der Waals surface area contributed by atoms with E-state index in [1.807, 2.05) is 6.07 Å². The van der Waals surface area contributed by atoms with Gasteiger partial charge >= 0.3 is 0 Å². The lowest BCUT2D eigenvalue weighted by atomic mass is 10.1. The van der Waals surface area contributed by atoms with E-state index in [4.69, 9.17) is 4.74 Å². The molecule has 80 valence electrons. The lowest BCUT2D eigenvalue weighted by Gasteiger charge is -2.12. The number of carbonyl (C=O) groups excluding carboxylic acids is 2. The topological polar surface area (TPSA) is 43.4 Å². The van der Waals surface area contributed by atoms with Crippen LogP contribution in [0.5, 0.6) is 5.75 Å². The van der Waals surface area contributed by atoms with Crippen LogP contribution in [0.15, 0.2) is 53.8 Å². The lowest BCUT2D eigenvalue weighted by Crippen LogP contribution is -2.14. The molecule has 1 aromatic rings. The molecule has 0 saturated heterocycles. The molecular weight excluding hydrogens is 204 g/mol. The zero-order valence-electron chi connectivity index (χ0n) is 8.55. The number of ether oxygens (including phenoxy) is 1. The van der Waals surface area contributed by atoms with Gasteiger partial charge < -0.3 is 4.74 Å². The van der Waals surface area contributed by atoms with Crippen molar-refractivity contribution in [3.63, 3.8) is 0 Å². The summed E-state index contributed by atoms with van der Waals surface area (Å²) in [6, 6.07) is 8.94. The fourth-order valence-corrected chi connectivity index (χ4v) is 1.44. The maximum atomic E-state index is 11.6. The third-order valence-electron chi connectivity index (χ3n) is 2.21. The normalized spacial score (nSPS) is 15.1. The summed E-state index contributed by atoms with van der Waals surface area (Å²) < 4.78 is 5.42. The van der Waals surface area contributed by atoms with Crippen molar-refractivity contribution in [2.45, 2.75) is 6.42 Å². The minimum absolute atomic E-state index is 0.128. The number of carbonyl (C=O) groups is 2. The Morgan fingerprint density at radius 1 is 1.19 bits per heavy atom. The first-order valence-corrected chi connectivity index (χ1v) is 4.93. The zero-order valence-corrected chi connectivity index (χ0v) is 8.55. The molecule has 3 nitrogen and oxygen atoms in total. The van der Waals surface area contributed by atoms with E-state index in [2.05, 4.69) is 0 Å². The molecule has 0 atom stereocenters. The molecule has 0 unspecified atom stereocenters. The van der Waals surface area contributed by atoms with Crippen LogP contribution >= 0.6 is 0 Å². The molecule has 16 heavy (non-hydrogen) atoms. The van der Waals surface area contributed by atoms with E-state index in [0.717, 1.165) is 0 Å². The van der Waals surface area contributed by atoms with Gasteiger partial charge in [-0.05, 0) is 12.1 Å². The third-order valence-corrected chi connectivity index (χ3v) is 2.21. The van der Waals surface area contributed by atoms with Gasteiger partial charge in [0.2, 0.25) is 5.78 Å². The SMILES string of the molecule is O=CC1=C(Oc2ccccc2)C(=O)CC=C1. The molecule has 0 saturated carbocycles. The van der Waals surface area contributed by atoms with E-state index < -0.39 is 0 Å². The molecule has 0 bridgehead atoms. The fourth-order valence-electron chi connectivity index (χ4n) is 1.44. The van der Waals surface area contributed by atoms with E-state index in [0.29, 0.717) is 17.6 Å². The first-order chi connectivity index (χ1) is 7.81. The van der Waals surface area contributed by atoms with E-state index in [1.54, 1.807) is 36.4 Å². The van der Waals surface area contributed by atoms with Crippen molar-refractivity contribution in [2.75, 3.05) is 0 Å². The van der Waals surface area contributed by atoms with Crippen LogP contribution in [-0.2, 0) is 9.59 Å². The second kappa shape index (κ2) is 4.57. The smallest absolute Gasteiger partial charge is 0.202 e. The highest BCUT2D eigenvalue weighted by molar-refractivity contribution is 6.02. The number of aldehydes is 1. The van der Waals surface area contributed by atoms with Crippen LogP contribution in [0.25, 0.3) is 0 Å². The molecule has 3 heteroatoms. The molecule has 1 aliphatic rings. The Bertz CT molecular complexity index is 469. The summed E-state index contributed by atoms with van der Waals surface area (Å²) in [7, 11) is 0. The maximum absolute atomic E-state index is 11.6. The summed E-state index contributed by atoms with van der Waals surface area (Å²) in [5.74, 6) is 0.512. The molecule has 1 aromatic carbocycles. The first kappa shape index (κ1) is 10.4. The van der Waals surface area contributed by atoms with Crippen molar-refractivity contribution >= 4 is 12.1 Å². The highest BCUT2D eigenvalue weighted by atomic mass is 16.5. The molecule has 0 radical (unpaired) electrons. The van der Waals surface area contributed by atoms with Gasteiger partial charge in [-0.2, -0.15) is 0 Å². The van der Waals surface area contributed by atoms with Crippen molar-refractivity contribution in [1.29, 1.82) is 0 Å². The highest BCUT2D eigenvalue weighted by Crippen LogP contribution is 2.19. The van der Waals surface area contributed by atoms with Crippen molar-refractivity contribution < 1.29 is 14.3 Å². The quantitative estimate of drug-likeness (QED) is 0.723. The number of rotatable bonds is 3. The highest BCUT2D eigenvalue weighted by Gasteiger charge is 2.18. The van der Waals surface area contributed by atoms with Gasteiger partial charge in [-0.3, -0.25) is 9.59 Å². The van der Waals surface area contributed by atoms with Crippen LogP contribution < -0.4 is 4.74 Å². The summed E-state index contributed by atoms with van der Waals surface area (Å²) in [5.41, 5.74) is 0.292. The Labute approximate surface area is 93.0 Å². The molecule has 0 amide bonds. The number of benzene rings is 1. The molecule has 0 fully saturated rings. The van der Waals surface area contributed by atoms with E-state index in [-0.39, 0.29) is 18.0 Å². The minimum atomic E-state index is -0.173. The minimum Gasteiger partial charge on any atom is -0.453 e. The van der Waals surface area contributed by atoms with Gasteiger partial charge in [0.05, 0.1) is 5.57 Å². The first-order valence-electron chi connectivity index (χ1n) is 4.93. The molecule has 0 aromatic heterocycles. The molecule has 0 N–H and O–H groups in total. The monoisotopic (exact) mass is 214 g/mol. The van der Waals surface area contributed by atoms with Crippen molar-refractivity contribution in [2.24, 2.45) is 0 Å². The second-order valence-corrected chi connectivity index (χ2v) is 3.35. The summed E-state index contributed by atoms with van der Waals surface area (Å²) in [6.45, 7) is 0. The van der Waals surface area contributed by atoms with E-state index in [1.165, 1.54) is 0 Å². The van der Waals surface area contributed by atoms with Gasteiger partial charge in [-0.25, -0.2) is 0 Å². The van der Waals surface area contributed by atoms with Gasteiger partial charge in [-0.1, -0.05) is 30.4 Å². The van der Waals surface area contributed by atoms with E-state index in [9.17, 15) is 9.59 Å². The molecule has 0 spiro atoms. The number of para-hydroxylation sites is 1. The maximum Gasteiger partial charge on any atom is 0.202 e. The van der Waals surface area contributed by atoms with Crippen molar-refractivity contribution in [3.05, 3.63) is 53.8 Å². The Morgan fingerprint density at radius 3 is 2.62 bits per heavy atom. The standard InChI is InChI=1S/C13H10O3/c14-9-10-5-4-8-12(15)13(10)16-11-6-2-1-3-7-11/h1-7,9H,8H2. The number of Topliss-reactive ketones (excluding diaryl/α,β-unsaturated/α-hetero) is 1. The number of allylic oxidation sites excluding steroid dienone is 4. The summed E-state index contributed by atoms with van der Waals surface area (Å²) in [5, 5.41) is 0. The third kappa shape index (κ3) is 2.08. The Morgan fingerprint density at radius 2 is 1.94 bits per heavy atom. The van der Waals surface area contributed by atoms with Crippen molar-refractivity contribution in [1.82, 2.24) is 0 Å². The Balaban J connectivity index is 2.31. The fraction of sp³-hybridized carbons (Fsp3) is 0.0769. The Hall–Kier alpha value is -2.16. The van der Waals surface area contributed by atoms with Crippen LogP contribution in [0.2, 0.25) is 0 Å². The van der Waals surface area contributed by atoms with Crippen molar-refractivity contribution in [3.8, 4) is 5.75 Å². The average molecular weight is 214 g/mol. The molecule has 2 rings (SSSR count). The molecule has 0 heterocycles. The lowest BCUT2D eigenvalue weighted by molar-refractivity contribution is -0.117. The summed E-state index contributed by atoms with van der Waals surface area (Å²) in [4.78, 5) is 22.3. The van der Waals surface area contributed by atoms with Gasteiger partial charge in [0.15, 0.2) is 12.0 Å². The molecule has 1 aliphatic carbocycles. The number of hydrogen-bond donors (Lipinski definition) is 0. The summed E-state index contributed by atoms with van der Waals surface area (Å²) in [6.07, 6.45) is 4.17. The second-order valence-electron chi connectivity index (χ2n) is 3.35. The average Bonchev–Trinajstić information content (AvgIpc) is 2.33. The molecule has 0 aliphatic heterocycles. The van der Waals surface area contributed by atoms with Gasteiger partial charge in [0.25, 0.3) is 0 Å². The molecular formula is C13H10O3. The van der Waals surface area contributed by atoms with Crippen LogP contribution in [0.3, 0.4) is 0 Å². The number of hydrogen-bond acceptors (Lipinski definition) is 3. The summed E-state index contributed by atoms with van der Waals surface area (Å²) >= 11 is 0. The van der Waals surface area contributed by atoms with Crippen LogP contribution in [0.1, 0.15) is 6.42 Å². The van der Waals surface area contributed by atoms with Gasteiger partial charge in [0, 0.05) is 6.42 Å².